The highest BCUT2D eigenvalue weighted by Crippen LogP contribution is 2.29. The van der Waals surface area contributed by atoms with Gasteiger partial charge in [0.15, 0.2) is 0 Å². The topological polar surface area (TPSA) is 69.2 Å². The van der Waals surface area contributed by atoms with Gasteiger partial charge < -0.3 is 15.2 Å². The molecule has 2 atom stereocenters. The summed E-state index contributed by atoms with van der Waals surface area (Å²) in [6, 6.07) is 6.10. The third-order valence-corrected chi connectivity index (χ3v) is 4.03. The number of amides is 1. The van der Waals surface area contributed by atoms with Gasteiger partial charge in [-0.15, -0.1) is 0 Å². The zero-order valence-electron chi connectivity index (χ0n) is 11.8. The quantitative estimate of drug-likeness (QED) is 0.881. The van der Waals surface area contributed by atoms with Crippen LogP contribution in [-0.4, -0.2) is 18.4 Å². The summed E-state index contributed by atoms with van der Waals surface area (Å²) in [5.74, 6) is -2.80. The van der Waals surface area contributed by atoms with Crippen LogP contribution in [0.3, 0.4) is 0 Å². The van der Waals surface area contributed by atoms with Gasteiger partial charge in [-0.1, -0.05) is 25.0 Å². The molecule has 1 aliphatic carbocycles. The summed E-state index contributed by atoms with van der Waals surface area (Å²) in [7, 11) is 0. The van der Waals surface area contributed by atoms with Crippen LogP contribution in [-0.2, 0) is 16.0 Å². The maximum Gasteiger partial charge on any atom is 0.223 e. The largest absolute Gasteiger partial charge is 0.550 e. The zero-order chi connectivity index (χ0) is 15.2. The molecule has 0 bridgehead atoms. The van der Waals surface area contributed by atoms with E-state index in [4.69, 9.17) is 0 Å². The number of carbonyl (C=O) groups is 2. The maximum absolute atomic E-state index is 12.8. The van der Waals surface area contributed by atoms with Gasteiger partial charge >= 0.3 is 0 Å². The van der Waals surface area contributed by atoms with Crippen molar-refractivity contribution in [3.63, 3.8) is 0 Å². The van der Waals surface area contributed by atoms with Gasteiger partial charge in [-0.05, 0) is 37.0 Å². The molecule has 1 amide bonds. The summed E-state index contributed by atoms with van der Waals surface area (Å²) in [4.78, 5) is 23.2. The fourth-order valence-corrected chi connectivity index (χ4v) is 2.84. The highest BCUT2D eigenvalue weighted by atomic mass is 19.1. The normalized spacial score (nSPS) is 21.8. The third kappa shape index (κ3) is 4.28. The summed E-state index contributed by atoms with van der Waals surface area (Å²) in [5, 5.41) is 13.8. The highest BCUT2D eigenvalue weighted by molar-refractivity contribution is 5.84. The van der Waals surface area contributed by atoms with Gasteiger partial charge in [-0.25, -0.2) is 4.39 Å². The van der Waals surface area contributed by atoms with Crippen LogP contribution < -0.4 is 10.4 Å². The fourth-order valence-electron chi connectivity index (χ4n) is 2.84. The number of carboxylic acid groups (broad SMARTS) is 1. The van der Waals surface area contributed by atoms with Gasteiger partial charge in [-0.3, -0.25) is 4.79 Å². The maximum atomic E-state index is 12.8. The average molecular weight is 292 g/mol. The number of halogens is 1. The molecule has 0 saturated heterocycles. The van der Waals surface area contributed by atoms with Gasteiger partial charge in [0.25, 0.3) is 0 Å². The van der Waals surface area contributed by atoms with Gasteiger partial charge in [0.05, 0.1) is 0 Å². The lowest BCUT2D eigenvalue weighted by Crippen LogP contribution is -2.44. The van der Waals surface area contributed by atoms with Crippen LogP contribution in [0.5, 0.6) is 0 Å². The molecule has 0 heterocycles. The monoisotopic (exact) mass is 292 g/mol. The lowest BCUT2D eigenvalue weighted by molar-refractivity contribution is -0.314. The van der Waals surface area contributed by atoms with Crippen molar-refractivity contribution in [1.82, 2.24) is 5.32 Å². The minimum Gasteiger partial charge on any atom is -0.550 e. The van der Waals surface area contributed by atoms with Crippen LogP contribution in [0.1, 0.15) is 31.2 Å². The van der Waals surface area contributed by atoms with E-state index < -0.39 is 17.8 Å². The van der Waals surface area contributed by atoms with E-state index in [0.29, 0.717) is 25.8 Å². The summed E-state index contributed by atoms with van der Waals surface area (Å²) < 4.78 is 12.8. The molecule has 1 fully saturated rings. The van der Waals surface area contributed by atoms with E-state index in [2.05, 4.69) is 5.32 Å². The van der Waals surface area contributed by atoms with Gasteiger partial charge in [0.2, 0.25) is 5.91 Å². The number of nitrogens with one attached hydrogen (secondary N) is 1. The fraction of sp³-hybridized carbons (Fsp3) is 0.500. The Morgan fingerprint density at radius 2 is 1.76 bits per heavy atom. The molecule has 0 aromatic heterocycles. The number of benzene rings is 1. The molecule has 0 unspecified atom stereocenters. The molecule has 1 aromatic rings. The molecule has 1 aliphatic rings. The SMILES string of the molecule is O=C([O-])[C@@H]1CCCC[C@H]1C(=O)NCCc1ccc(F)cc1. The van der Waals surface area contributed by atoms with E-state index in [9.17, 15) is 19.1 Å². The zero-order valence-corrected chi connectivity index (χ0v) is 11.8. The Hall–Kier alpha value is -1.91. The van der Waals surface area contributed by atoms with Crippen molar-refractivity contribution in [2.75, 3.05) is 6.54 Å². The van der Waals surface area contributed by atoms with Gasteiger partial charge in [0, 0.05) is 24.3 Å². The van der Waals surface area contributed by atoms with Crippen molar-refractivity contribution in [2.45, 2.75) is 32.1 Å². The van der Waals surface area contributed by atoms with Crippen molar-refractivity contribution in [1.29, 1.82) is 0 Å². The van der Waals surface area contributed by atoms with Crippen LogP contribution in [0, 0.1) is 17.7 Å². The lowest BCUT2D eigenvalue weighted by atomic mass is 9.78. The lowest BCUT2D eigenvalue weighted by Gasteiger charge is -2.31. The van der Waals surface area contributed by atoms with Gasteiger partial charge in [-0.2, -0.15) is 0 Å². The van der Waals surface area contributed by atoms with Crippen LogP contribution >= 0.6 is 0 Å². The second-order valence-corrected chi connectivity index (χ2v) is 5.48. The third-order valence-electron chi connectivity index (χ3n) is 4.03. The van der Waals surface area contributed by atoms with Crippen molar-refractivity contribution in [3.05, 3.63) is 35.6 Å². The molecular weight excluding hydrogens is 273 g/mol. The molecule has 114 valence electrons. The minimum absolute atomic E-state index is 0.217. The predicted molar refractivity (Wildman–Crippen MR) is 73.6 cm³/mol. The van der Waals surface area contributed by atoms with E-state index in [1.165, 1.54) is 12.1 Å². The Morgan fingerprint density at radius 3 is 2.38 bits per heavy atom. The molecule has 1 saturated carbocycles. The Morgan fingerprint density at radius 1 is 1.14 bits per heavy atom. The molecule has 21 heavy (non-hydrogen) atoms. The molecule has 1 aromatic carbocycles. The van der Waals surface area contributed by atoms with Crippen LogP contribution in [0.15, 0.2) is 24.3 Å². The standard InChI is InChI=1S/C16H20FNO3/c17-12-7-5-11(6-8-12)9-10-18-15(19)13-3-1-2-4-14(13)16(20)21/h5-8,13-14H,1-4,9-10H2,(H,18,19)(H,20,21)/p-1/t13-,14-/m1/s1. The molecule has 5 heteroatoms. The van der Waals surface area contributed by atoms with E-state index in [1.54, 1.807) is 12.1 Å². The van der Waals surface area contributed by atoms with Gasteiger partial charge in [0.1, 0.15) is 5.82 Å². The minimum atomic E-state index is -1.13. The number of rotatable bonds is 5. The number of carboxylic acids is 1. The van der Waals surface area contributed by atoms with E-state index >= 15 is 0 Å². The second-order valence-electron chi connectivity index (χ2n) is 5.48. The second kappa shape index (κ2) is 7.20. The molecule has 2 rings (SSSR count). The molecular formula is C16H19FNO3-. The first-order valence-electron chi connectivity index (χ1n) is 7.31. The van der Waals surface area contributed by atoms with Crippen molar-refractivity contribution in [2.24, 2.45) is 11.8 Å². The predicted octanol–water partition coefficient (Wildman–Crippen LogP) is 1.04. The summed E-state index contributed by atoms with van der Waals surface area (Å²) in [6.07, 6.45) is 3.41. The van der Waals surface area contributed by atoms with Crippen molar-refractivity contribution in [3.8, 4) is 0 Å². The van der Waals surface area contributed by atoms with E-state index in [1.807, 2.05) is 0 Å². The van der Waals surface area contributed by atoms with Crippen LogP contribution in [0.2, 0.25) is 0 Å². The number of hydrogen-bond acceptors (Lipinski definition) is 3. The Bertz CT molecular complexity index is 501. The Balaban J connectivity index is 1.83. The number of carbonyl (C=O) groups excluding carboxylic acids is 2. The smallest absolute Gasteiger partial charge is 0.223 e. The number of aliphatic carboxylic acids is 1. The first-order chi connectivity index (χ1) is 10.1. The number of hydrogen-bond donors (Lipinski definition) is 1. The highest BCUT2D eigenvalue weighted by Gasteiger charge is 2.31. The van der Waals surface area contributed by atoms with Crippen LogP contribution in [0.4, 0.5) is 4.39 Å². The Labute approximate surface area is 123 Å². The molecule has 4 nitrogen and oxygen atoms in total. The first-order valence-corrected chi connectivity index (χ1v) is 7.31. The Kier molecular flexibility index (Phi) is 5.31. The molecule has 0 spiro atoms. The van der Waals surface area contributed by atoms with Crippen LogP contribution in [0.25, 0.3) is 0 Å². The first kappa shape index (κ1) is 15.5. The molecule has 0 radical (unpaired) electrons. The summed E-state index contributed by atoms with van der Waals surface area (Å²) in [5.41, 5.74) is 0.928. The summed E-state index contributed by atoms with van der Waals surface area (Å²) in [6.45, 7) is 0.417. The average Bonchev–Trinajstić information content (AvgIpc) is 2.49. The van der Waals surface area contributed by atoms with E-state index in [-0.39, 0.29) is 11.7 Å². The van der Waals surface area contributed by atoms with Crippen molar-refractivity contribution < 1.29 is 19.1 Å². The van der Waals surface area contributed by atoms with E-state index in [0.717, 1.165) is 18.4 Å². The summed E-state index contributed by atoms with van der Waals surface area (Å²) >= 11 is 0. The molecule has 0 aliphatic heterocycles. The van der Waals surface area contributed by atoms with Crippen molar-refractivity contribution >= 4 is 11.9 Å². The molecule has 1 N–H and O–H groups in total.